The first-order valence-corrected chi connectivity index (χ1v) is 29.7. The van der Waals surface area contributed by atoms with Crippen molar-refractivity contribution in [2.75, 3.05) is 0 Å². The van der Waals surface area contributed by atoms with Crippen molar-refractivity contribution in [3.05, 3.63) is 135 Å². The predicted octanol–water partition coefficient (Wildman–Crippen LogP) is 17.9. The standard InChI is InChI=1S/C64H72F6N4O6S2/c1-57(2,3)38-23-35(24-39(29-38)58(4,5)6)52-46-20-19-44(71-46)32-45-33-50(79-81(75,76)63(65,66)67)55(72-45)54(37-27-42(61(13,14)15)31-43(28-37)62(16,17)18)56-51(80-82(77,78)64(68,69)70)34-49(74-56)53(48-22-21-47(52)73-48)36-25-40(59(7,8)9)30-41(26-36)60(10,11)12/h19-34,72-73H,1-18H3. The fourth-order valence-corrected chi connectivity index (χ4v) is 10.4. The largest absolute Gasteiger partial charge is 0.534 e. The molecule has 0 fully saturated rings. The second-order valence-electron chi connectivity index (χ2n) is 27.5. The van der Waals surface area contributed by atoms with Gasteiger partial charge in [-0.15, -0.1) is 0 Å². The van der Waals surface area contributed by atoms with Crippen molar-refractivity contribution >= 4 is 66.3 Å². The van der Waals surface area contributed by atoms with Crippen LogP contribution in [0.25, 0.3) is 79.4 Å². The van der Waals surface area contributed by atoms with Crippen molar-refractivity contribution in [1.29, 1.82) is 0 Å². The monoisotopic (exact) mass is 1170 g/mol. The predicted molar refractivity (Wildman–Crippen MR) is 318 cm³/mol. The molecule has 3 aromatic carbocycles. The second-order valence-corrected chi connectivity index (χ2v) is 30.6. The highest BCUT2D eigenvalue weighted by Gasteiger charge is 2.51. The molecule has 82 heavy (non-hydrogen) atoms. The van der Waals surface area contributed by atoms with Crippen LogP contribution in [-0.2, 0) is 56.9 Å². The molecule has 0 saturated carbocycles. The highest BCUT2D eigenvalue weighted by atomic mass is 32.2. The first-order chi connectivity index (χ1) is 37.1. The molecule has 0 radical (unpaired) electrons. The number of rotatable bonds is 7. The number of nitrogens with one attached hydrogen (secondary N) is 2. The number of aromatic amines is 2. The van der Waals surface area contributed by atoms with Gasteiger partial charge in [0.1, 0.15) is 5.69 Å². The van der Waals surface area contributed by atoms with Crippen LogP contribution >= 0.6 is 0 Å². The first kappa shape index (κ1) is 61.4. The summed E-state index contributed by atoms with van der Waals surface area (Å²) in [7, 11) is -13.0. The van der Waals surface area contributed by atoms with Crippen LogP contribution in [-0.4, -0.2) is 47.8 Å². The van der Waals surface area contributed by atoms with Gasteiger partial charge in [-0.3, -0.25) is 0 Å². The Morgan fingerprint density at radius 2 is 0.780 bits per heavy atom. The Morgan fingerprint density at radius 3 is 1.16 bits per heavy atom. The minimum atomic E-state index is -6.55. The van der Waals surface area contributed by atoms with Crippen LogP contribution < -0.4 is 4.18 Å². The van der Waals surface area contributed by atoms with Crippen LogP contribution in [0.15, 0.2) is 78.9 Å². The third-order valence-corrected chi connectivity index (χ3v) is 16.5. The van der Waals surface area contributed by atoms with E-state index in [0.717, 1.165) is 40.0 Å². The number of benzene rings is 3. The van der Waals surface area contributed by atoms with Crippen LogP contribution in [0.1, 0.15) is 181 Å². The van der Waals surface area contributed by atoms with E-state index < -0.39 is 75.6 Å². The molecular formula is C64H72F6N4O6S2. The molecule has 2 aliphatic rings. The fourth-order valence-electron chi connectivity index (χ4n) is 9.53. The Balaban J connectivity index is 1.74. The minimum Gasteiger partial charge on any atom is -0.374 e. The smallest absolute Gasteiger partial charge is 0.374 e. The van der Waals surface area contributed by atoms with Gasteiger partial charge >= 0.3 is 31.3 Å². The Kier molecular flexibility index (Phi) is 15.0. The first-order valence-electron chi connectivity index (χ1n) is 26.8. The molecule has 6 aromatic rings. The molecule has 2 N–H and O–H groups in total. The van der Waals surface area contributed by atoms with Crippen LogP contribution in [0, 0.1) is 0 Å². The van der Waals surface area contributed by atoms with Gasteiger partial charge in [0.25, 0.3) is 0 Å². The zero-order chi connectivity index (χ0) is 61.3. The minimum absolute atomic E-state index is 0.0637. The summed E-state index contributed by atoms with van der Waals surface area (Å²) in [5.74, 6) is -1.93. The number of H-pyrrole nitrogens is 2. The Bertz CT molecular complexity index is 3950. The Morgan fingerprint density at radius 1 is 0.415 bits per heavy atom. The number of alkyl halides is 6. The van der Waals surface area contributed by atoms with Crippen LogP contribution in [0.3, 0.4) is 0 Å². The summed E-state index contributed by atoms with van der Waals surface area (Å²) >= 11 is 0. The van der Waals surface area contributed by atoms with Crippen molar-refractivity contribution in [2.24, 2.45) is 0 Å². The summed E-state index contributed by atoms with van der Waals surface area (Å²) in [6.07, 6.45) is 4.52. The van der Waals surface area contributed by atoms with E-state index in [1.807, 2.05) is 107 Å². The molecule has 438 valence electrons. The molecule has 2 aliphatic heterocycles. The third kappa shape index (κ3) is 12.5. The van der Waals surface area contributed by atoms with E-state index in [1.54, 1.807) is 30.4 Å². The lowest BCUT2D eigenvalue weighted by molar-refractivity contribution is -0.0511. The number of hydrogen-bond donors (Lipinski definition) is 2. The summed E-state index contributed by atoms with van der Waals surface area (Å²) in [5, 5.41) is 0. The lowest BCUT2D eigenvalue weighted by atomic mass is 9.78. The van der Waals surface area contributed by atoms with E-state index in [2.05, 4.69) is 75.8 Å². The van der Waals surface area contributed by atoms with Gasteiger partial charge in [0.05, 0.1) is 22.6 Å². The van der Waals surface area contributed by atoms with E-state index in [4.69, 9.17) is 18.3 Å². The van der Waals surface area contributed by atoms with Gasteiger partial charge < -0.3 is 18.3 Å². The van der Waals surface area contributed by atoms with Crippen molar-refractivity contribution in [2.45, 2.75) is 168 Å². The summed E-state index contributed by atoms with van der Waals surface area (Å²) in [6.45, 7) is 36.2. The zero-order valence-electron chi connectivity index (χ0n) is 49.7. The van der Waals surface area contributed by atoms with E-state index >= 15 is 0 Å². The fraction of sp³-hybridized carbons (Fsp3) is 0.406. The topological polar surface area (TPSA) is 144 Å². The summed E-state index contributed by atoms with van der Waals surface area (Å²) in [5.41, 5.74) is -7.71. The number of nitrogens with zero attached hydrogens (tertiary/aromatic N) is 2. The van der Waals surface area contributed by atoms with Crippen LogP contribution in [0.5, 0.6) is 5.75 Å². The Hall–Kier alpha value is -6.66. The number of fused-ring (bicyclic) bond motifs is 8. The highest BCUT2D eigenvalue weighted by molar-refractivity contribution is 7.88. The quantitative estimate of drug-likeness (QED) is 0.0912. The molecular weight excluding hydrogens is 1100 g/mol. The van der Waals surface area contributed by atoms with Crippen molar-refractivity contribution < 1.29 is 51.5 Å². The lowest BCUT2D eigenvalue weighted by Gasteiger charge is -2.26. The average Bonchev–Trinajstić information content (AvgIpc) is 4.29. The second kappa shape index (κ2) is 20.0. The van der Waals surface area contributed by atoms with Gasteiger partial charge in [-0.05, 0) is 113 Å². The molecule has 5 heterocycles. The molecule has 0 amide bonds. The normalized spacial score (nSPS) is 14.3. The average molecular weight is 1170 g/mol. The van der Waals surface area contributed by atoms with E-state index in [9.17, 15) is 43.2 Å². The van der Waals surface area contributed by atoms with Gasteiger partial charge in [-0.1, -0.05) is 179 Å². The molecule has 8 rings (SSSR count). The van der Waals surface area contributed by atoms with Crippen molar-refractivity contribution in [3.63, 3.8) is 0 Å². The van der Waals surface area contributed by atoms with E-state index in [-0.39, 0.29) is 44.4 Å². The zero-order valence-corrected chi connectivity index (χ0v) is 51.3. The summed E-state index contributed by atoms with van der Waals surface area (Å²) < 4.78 is 152. The van der Waals surface area contributed by atoms with Crippen LogP contribution in [0.4, 0.5) is 26.3 Å². The number of aromatic nitrogens is 4. The summed E-state index contributed by atoms with van der Waals surface area (Å²) in [4.78, 5) is 16.9. The molecule has 10 nitrogen and oxygen atoms in total. The highest BCUT2D eigenvalue weighted by Crippen LogP contribution is 2.47. The van der Waals surface area contributed by atoms with Gasteiger partial charge in [0.15, 0.2) is 11.5 Å². The van der Waals surface area contributed by atoms with E-state index in [0.29, 0.717) is 39.0 Å². The van der Waals surface area contributed by atoms with Gasteiger partial charge in [-0.25, -0.2) is 9.97 Å². The maximum Gasteiger partial charge on any atom is 0.534 e. The maximum absolute atomic E-state index is 14.8. The third-order valence-electron chi connectivity index (χ3n) is 14.6. The van der Waals surface area contributed by atoms with Crippen molar-refractivity contribution in [1.82, 2.24) is 19.9 Å². The molecule has 3 aromatic heterocycles. The van der Waals surface area contributed by atoms with Gasteiger partial charge in [-0.2, -0.15) is 43.2 Å². The van der Waals surface area contributed by atoms with Crippen molar-refractivity contribution in [3.8, 4) is 39.1 Å². The molecule has 0 spiro atoms. The summed E-state index contributed by atoms with van der Waals surface area (Å²) in [6, 6.07) is 23.5. The SMILES string of the molecule is CC(C)(C)c1cc(-c2c3nc(cc4cc(OS(=O)(=O)C(F)(F)F)c([nH]4)c(-c4cc(C(C)(C)C)cc(C(C)(C)C)c4)c4nc(c(-c5cc(C(C)(C)C)cc(C(C)(C)C)c5)c5ccc2[nH]5)C=C4OS(=O)(=O)C(F)(F)F)C=C3)cc(C(C)(C)C)c1. The maximum atomic E-state index is 14.8. The molecule has 0 saturated heterocycles. The molecule has 0 atom stereocenters. The van der Waals surface area contributed by atoms with Gasteiger partial charge in [0.2, 0.25) is 0 Å². The molecule has 0 unspecified atom stereocenters. The molecule has 8 bridgehead atoms. The molecule has 18 heteroatoms. The van der Waals surface area contributed by atoms with E-state index in [1.165, 1.54) is 6.07 Å². The number of halogens is 6. The Labute approximate surface area is 477 Å². The van der Waals surface area contributed by atoms with Gasteiger partial charge in [0, 0.05) is 45.4 Å². The lowest BCUT2D eigenvalue weighted by Crippen LogP contribution is -2.28. The number of hydrogen-bond acceptors (Lipinski definition) is 8. The van der Waals surface area contributed by atoms with Crippen LogP contribution in [0.2, 0.25) is 0 Å². The molecule has 0 aliphatic carbocycles.